The minimum Gasteiger partial charge on any atom is -0.309 e. The van der Waals surface area contributed by atoms with Gasteiger partial charge in [0.25, 0.3) is 0 Å². The minimum atomic E-state index is -4.29. The second kappa shape index (κ2) is 6.41. The molecule has 1 aromatic carbocycles. The molecule has 1 unspecified atom stereocenters. The Kier molecular flexibility index (Phi) is 4.83. The number of benzene rings is 1. The van der Waals surface area contributed by atoms with Crippen LogP contribution in [0.3, 0.4) is 0 Å². The Hall–Kier alpha value is -1.33. The van der Waals surface area contributed by atoms with Gasteiger partial charge in [-0.15, -0.1) is 11.3 Å². The molecule has 0 aliphatic rings. The first-order chi connectivity index (χ1) is 9.50. The van der Waals surface area contributed by atoms with E-state index in [0.717, 1.165) is 17.5 Å². The Morgan fingerprint density at radius 3 is 2.60 bits per heavy atom. The average Bonchev–Trinajstić information content (AvgIpc) is 2.91. The summed E-state index contributed by atoms with van der Waals surface area (Å²) in [4.78, 5) is 1.14. The summed E-state index contributed by atoms with van der Waals surface area (Å²) in [7, 11) is 0. The molecule has 2 aromatic rings. The van der Waals surface area contributed by atoms with Crippen LogP contribution in [0, 0.1) is 0 Å². The third-order valence-corrected chi connectivity index (χ3v) is 4.02. The van der Waals surface area contributed by atoms with E-state index in [4.69, 9.17) is 0 Å². The monoisotopic (exact) mass is 299 g/mol. The van der Waals surface area contributed by atoms with E-state index in [2.05, 4.69) is 5.32 Å². The van der Waals surface area contributed by atoms with Crippen LogP contribution in [0.15, 0.2) is 41.8 Å². The maximum Gasteiger partial charge on any atom is 0.416 e. The third-order valence-electron chi connectivity index (χ3n) is 3.03. The summed E-state index contributed by atoms with van der Waals surface area (Å²) < 4.78 is 38.1. The number of thiophene rings is 1. The number of halogens is 3. The van der Waals surface area contributed by atoms with Crippen molar-refractivity contribution >= 4 is 11.3 Å². The van der Waals surface area contributed by atoms with Crippen LogP contribution in [0.5, 0.6) is 0 Å². The predicted octanol–water partition coefficient (Wildman–Crippen LogP) is 4.66. The van der Waals surface area contributed by atoms with Crippen LogP contribution >= 0.6 is 11.3 Å². The Labute approximate surface area is 120 Å². The Morgan fingerprint density at radius 2 is 2.00 bits per heavy atom. The fraction of sp³-hybridized carbons (Fsp3) is 0.333. The molecule has 0 saturated carbocycles. The van der Waals surface area contributed by atoms with Gasteiger partial charge in [0.1, 0.15) is 0 Å². The van der Waals surface area contributed by atoms with Crippen LogP contribution in [0.25, 0.3) is 0 Å². The number of hydrogen-bond acceptors (Lipinski definition) is 2. The first kappa shape index (κ1) is 15.1. The molecule has 0 bridgehead atoms. The lowest BCUT2D eigenvalue weighted by molar-refractivity contribution is -0.137. The van der Waals surface area contributed by atoms with Crippen molar-refractivity contribution in [3.05, 3.63) is 57.8 Å². The second-order valence-electron chi connectivity index (χ2n) is 4.53. The summed E-state index contributed by atoms with van der Waals surface area (Å²) in [5, 5.41) is 5.30. The van der Waals surface area contributed by atoms with Gasteiger partial charge in [-0.2, -0.15) is 13.2 Å². The van der Waals surface area contributed by atoms with Crippen LogP contribution < -0.4 is 5.32 Å². The van der Waals surface area contributed by atoms with Gasteiger partial charge in [-0.05, 0) is 36.0 Å². The molecule has 0 spiro atoms. The summed E-state index contributed by atoms with van der Waals surface area (Å²) in [6.07, 6.45) is -3.73. The highest BCUT2D eigenvalue weighted by molar-refractivity contribution is 7.10. The highest BCUT2D eigenvalue weighted by Gasteiger charge is 2.30. The lowest BCUT2D eigenvalue weighted by Gasteiger charge is -2.17. The molecule has 5 heteroatoms. The number of rotatable bonds is 5. The highest BCUT2D eigenvalue weighted by Crippen LogP contribution is 2.31. The van der Waals surface area contributed by atoms with E-state index in [0.29, 0.717) is 12.0 Å². The largest absolute Gasteiger partial charge is 0.416 e. The van der Waals surface area contributed by atoms with Gasteiger partial charge >= 0.3 is 6.18 Å². The summed E-state index contributed by atoms with van der Waals surface area (Å²) in [6.45, 7) is 2.77. The molecule has 1 N–H and O–H groups in total. The standard InChI is InChI=1S/C15H16F3NS/c1-2-19-13(14-7-4-8-20-14)10-11-5-3-6-12(9-11)15(16,17)18/h3-9,13,19H,2,10H2,1H3. The Bertz CT molecular complexity index is 534. The Morgan fingerprint density at radius 1 is 1.20 bits per heavy atom. The normalized spacial score (nSPS) is 13.4. The molecule has 0 fully saturated rings. The molecule has 20 heavy (non-hydrogen) atoms. The lowest BCUT2D eigenvalue weighted by Crippen LogP contribution is -2.22. The molecular formula is C15H16F3NS. The van der Waals surface area contributed by atoms with Crippen molar-refractivity contribution in [2.45, 2.75) is 25.6 Å². The van der Waals surface area contributed by atoms with Crippen molar-refractivity contribution in [1.29, 1.82) is 0 Å². The zero-order valence-corrected chi connectivity index (χ0v) is 11.9. The third kappa shape index (κ3) is 3.84. The van der Waals surface area contributed by atoms with Crippen molar-refractivity contribution in [1.82, 2.24) is 5.32 Å². The van der Waals surface area contributed by atoms with E-state index in [1.165, 1.54) is 12.1 Å². The van der Waals surface area contributed by atoms with E-state index >= 15 is 0 Å². The molecule has 1 heterocycles. The summed E-state index contributed by atoms with van der Waals surface area (Å²) in [6, 6.07) is 9.57. The molecular weight excluding hydrogens is 283 g/mol. The topological polar surface area (TPSA) is 12.0 Å². The molecule has 1 nitrogen and oxygen atoms in total. The molecule has 0 aliphatic heterocycles. The molecule has 0 saturated heterocycles. The highest BCUT2D eigenvalue weighted by atomic mass is 32.1. The first-order valence-corrected chi connectivity index (χ1v) is 7.31. The number of nitrogens with one attached hydrogen (secondary N) is 1. The lowest BCUT2D eigenvalue weighted by atomic mass is 10.0. The number of alkyl halides is 3. The van der Waals surface area contributed by atoms with Gasteiger partial charge in [-0.3, -0.25) is 0 Å². The van der Waals surface area contributed by atoms with Crippen LogP contribution in [-0.4, -0.2) is 6.54 Å². The van der Waals surface area contributed by atoms with Crippen LogP contribution in [0.2, 0.25) is 0 Å². The maximum absolute atomic E-state index is 12.7. The quantitative estimate of drug-likeness (QED) is 0.846. The number of hydrogen-bond donors (Lipinski definition) is 1. The van der Waals surface area contributed by atoms with Crippen LogP contribution in [0.4, 0.5) is 13.2 Å². The fourth-order valence-corrected chi connectivity index (χ4v) is 2.92. The Balaban J connectivity index is 2.19. The van der Waals surface area contributed by atoms with E-state index in [9.17, 15) is 13.2 Å². The molecule has 2 rings (SSSR count). The smallest absolute Gasteiger partial charge is 0.309 e. The molecule has 0 amide bonds. The van der Waals surface area contributed by atoms with Crippen molar-refractivity contribution in [2.75, 3.05) is 6.54 Å². The molecule has 108 valence electrons. The van der Waals surface area contributed by atoms with Crippen molar-refractivity contribution < 1.29 is 13.2 Å². The van der Waals surface area contributed by atoms with E-state index in [1.807, 2.05) is 24.4 Å². The predicted molar refractivity (Wildman–Crippen MR) is 75.9 cm³/mol. The van der Waals surface area contributed by atoms with Gasteiger partial charge in [-0.25, -0.2) is 0 Å². The molecule has 0 aliphatic carbocycles. The van der Waals surface area contributed by atoms with Gasteiger partial charge in [0.2, 0.25) is 0 Å². The van der Waals surface area contributed by atoms with Crippen molar-refractivity contribution in [3.8, 4) is 0 Å². The second-order valence-corrected chi connectivity index (χ2v) is 5.51. The SMILES string of the molecule is CCNC(Cc1cccc(C(F)(F)F)c1)c1cccs1. The summed E-state index contributed by atoms with van der Waals surface area (Å²) >= 11 is 1.62. The van der Waals surface area contributed by atoms with Crippen molar-refractivity contribution in [2.24, 2.45) is 0 Å². The molecule has 0 radical (unpaired) electrons. The summed E-state index contributed by atoms with van der Waals surface area (Å²) in [5.74, 6) is 0. The maximum atomic E-state index is 12.7. The van der Waals surface area contributed by atoms with Crippen molar-refractivity contribution in [3.63, 3.8) is 0 Å². The zero-order valence-electron chi connectivity index (χ0n) is 11.1. The number of likely N-dealkylation sites (N-methyl/N-ethyl adjacent to an activating group) is 1. The van der Waals surface area contributed by atoms with E-state index in [1.54, 1.807) is 17.4 Å². The van der Waals surface area contributed by atoms with Crippen LogP contribution in [-0.2, 0) is 12.6 Å². The van der Waals surface area contributed by atoms with Crippen LogP contribution in [0.1, 0.15) is 29.0 Å². The van der Waals surface area contributed by atoms with E-state index < -0.39 is 11.7 Å². The van der Waals surface area contributed by atoms with Gasteiger partial charge in [0.05, 0.1) is 5.56 Å². The minimum absolute atomic E-state index is 0.0588. The fourth-order valence-electron chi connectivity index (χ4n) is 2.12. The zero-order chi connectivity index (χ0) is 14.6. The van der Waals surface area contributed by atoms with Gasteiger partial charge < -0.3 is 5.32 Å². The van der Waals surface area contributed by atoms with E-state index in [-0.39, 0.29) is 6.04 Å². The molecule has 1 atom stereocenters. The van der Waals surface area contributed by atoms with Gasteiger partial charge in [0, 0.05) is 10.9 Å². The summed E-state index contributed by atoms with van der Waals surface area (Å²) in [5.41, 5.74) is 0.107. The molecule has 1 aromatic heterocycles. The van der Waals surface area contributed by atoms with Gasteiger partial charge in [-0.1, -0.05) is 31.2 Å². The van der Waals surface area contributed by atoms with Gasteiger partial charge in [0.15, 0.2) is 0 Å². The first-order valence-electron chi connectivity index (χ1n) is 6.43. The average molecular weight is 299 g/mol.